The Balaban J connectivity index is 3.17. The Hall–Kier alpha value is -0.870. The van der Waals surface area contributed by atoms with E-state index in [0.29, 0.717) is 11.4 Å². The highest BCUT2D eigenvalue weighted by Gasteiger charge is 2.15. The molecule has 0 unspecified atom stereocenters. The van der Waals surface area contributed by atoms with Crippen LogP contribution in [0.25, 0.3) is 0 Å². The minimum atomic E-state index is -3.12. The summed E-state index contributed by atoms with van der Waals surface area (Å²) in [4.78, 5) is 0.460. The SMILES string of the molecule is CCNCc1cc(C)ccc1S(=O)(=O)CC. The summed E-state index contributed by atoms with van der Waals surface area (Å²) in [7, 11) is -3.12. The molecule has 0 radical (unpaired) electrons. The van der Waals surface area contributed by atoms with Crippen molar-refractivity contribution in [1.29, 1.82) is 0 Å². The molecule has 3 nitrogen and oxygen atoms in total. The van der Waals surface area contributed by atoms with Crippen molar-refractivity contribution >= 4 is 9.84 Å². The van der Waals surface area contributed by atoms with Gasteiger partial charge in [-0.25, -0.2) is 8.42 Å². The van der Waals surface area contributed by atoms with Gasteiger partial charge in [-0.2, -0.15) is 0 Å². The van der Waals surface area contributed by atoms with E-state index in [2.05, 4.69) is 5.32 Å². The van der Waals surface area contributed by atoms with Gasteiger partial charge in [-0.1, -0.05) is 31.5 Å². The maximum Gasteiger partial charge on any atom is 0.178 e. The fourth-order valence-electron chi connectivity index (χ4n) is 1.56. The quantitative estimate of drug-likeness (QED) is 0.856. The molecular weight excluding hydrogens is 222 g/mol. The molecule has 1 N–H and O–H groups in total. The lowest BCUT2D eigenvalue weighted by Crippen LogP contribution is -2.16. The first-order valence-electron chi connectivity index (χ1n) is 5.54. The minimum Gasteiger partial charge on any atom is -0.313 e. The van der Waals surface area contributed by atoms with Crippen LogP contribution in [0.15, 0.2) is 23.1 Å². The Kier molecular flexibility index (Phi) is 4.50. The molecule has 90 valence electrons. The molecule has 0 heterocycles. The van der Waals surface area contributed by atoms with Crippen molar-refractivity contribution in [2.45, 2.75) is 32.2 Å². The predicted molar refractivity (Wildman–Crippen MR) is 66.3 cm³/mol. The Labute approximate surface area is 97.8 Å². The second kappa shape index (κ2) is 5.46. The third kappa shape index (κ3) is 3.06. The van der Waals surface area contributed by atoms with E-state index in [1.165, 1.54) is 0 Å². The molecular formula is C12H19NO2S. The van der Waals surface area contributed by atoms with Crippen LogP contribution in [0, 0.1) is 6.92 Å². The molecule has 0 saturated carbocycles. The summed E-state index contributed by atoms with van der Waals surface area (Å²) in [6.45, 7) is 7.08. The van der Waals surface area contributed by atoms with Crippen LogP contribution in [0.5, 0.6) is 0 Å². The molecule has 0 atom stereocenters. The third-order valence-electron chi connectivity index (χ3n) is 2.50. The van der Waals surface area contributed by atoms with Crippen LogP contribution in [0.1, 0.15) is 25.0 Å². The largest absolute Gasteiger partial charge is 0.313 e. The summed E-state index contributed by atoms with van der Waals surface area (Å²) in [6.07, 6.45) is 0. The van der Waals surface area contributed by atoms with E-state index >= 15 is 0 Å². The van der Waals surface area contributed by atoms with E-state index in [-0.39, 0.29) is 5.75 Å². The number of aryl methyl sites for hydroxylation is 1. The summed E-state index contributed by atoms with van der Waals surface area (Å²) < 4.78 is 23.7. The molecule has 1 rings (SSSR count). The van der Waals surface area contributed by atoms with Gasteiger partial charge >= 0.3 is 0 Å². The van der Waals surface area contributed by atoms with Crippen molar-refractivity contribution in [3.63, 3.8) is 0 Å². The summed E-state index contributed by atoms with van der Waals surface area (Å²) in [6, 6.07) is 5.49. The summed E-state index contributed by atoms with van der Waals surface area (Å²) in [5, 5.41) is 3.16. The van der Waals surface area contributed by atoms with Crippen LogP contribution in [0.2, 0.25) is 0 Å². The summed E-state index contributed by atoms with van der Waals surface area (Å²) in [5.41, 5.74) is 1.95. The second-order valence-electron chi connectivity index (χ2n) is 3.79. The summed E-state index contributed by atoms with van der Waals surface area (Å²) >= 11 is 0. The second-order valence-corrected chi connectivity index (χ2v) is 6.04. The number of rotatable bonds is 5. The van der Waals surface area contributed by atoms with Crippen LogP contribution in [0.4, 0.5) is 0 Å². The van der Waals surface area contributed by atoms with Gasteiger partial charge in [0.15, 0.2) is 9.84 Å². The van der Waals surface area contributed by atoms with Crippen LogP contribution in [-0.2, 0) is 16.4 Å². The van der Waals surface area contributed by atoms with E-state index in [1.54, 1.807) is 13.0 Å². The first-order chi connectivity index (χ1) is 7.51. The number of sulfone groups is 1. The molecule has 0 aliphatic rings. The van der Waals surface area contributed by atoms with Crippen molar-refractivity contribution < 1.29 is 8.42 Å². The van der Waals surface area contributed by atoms with Gasteiger partial charge in [0, 0.05) is 6.54 Å². The predicted octanol–water partition coefficient (Wildman–Crippen LogP) is 1.90. The average molecular weight is 241 g/mol. The smallest absolute Gasteiger partial charge is 0.178 e. The van der Waals surface area contributed by atoms with E-state index in [0.717, 1.165) is 17.7 Å². The summed E-state index contributed by atoms with van der Waals surface area (Å²) in [5.74, 6) is 0.148. The van der Waals surface area contributed by atoms with Crippen molar-refractivity contribution in [3.05, 3.63) is 29.3 Å². The van der Waals surface area contributed by atoms with Gasteiger partial charge in [0.25, 0.3) is 0 Å². The van der Waals surface area contributed by atoms with Crippen molar-refractivity contribution in [1.82, 2.24) is 5.32 Å². The molecule has 0 aliphatic carbocycles. The van der Waals surface area contributed by atoms with Crippen LogP contribution in [-0.4, -0.2) is 20.7 Å². The first-order valence-corrected chi connectivity index (χ1v) is 7.19. The highest BCUT2D eigenvalue weighted by Crippen LogP contribution is 2.18. The molecule has 1 aromatic rings. The standard InChI is InChI=1S/C12H19NO2S/c1-4-13-9-11-8-10(3)6-7-12(11)16(14,15)5-2/h6-8,13H,4-5,9H2,1-3H3. The molecule has 4 heteroatoms. The molecule has 0 spiro atoms. The Morgan fingerprint density at radius 3 is 2.50 bits per heavy atom. The lowest BCUT2D eigenvalue weighted by atomic mass is 10.1. The zero-order valence-corrected chi connectivity index (χ0v) is 10.9. The highest BCUT2D eigenvalue weighted by molar-refractivity contribution is 7.91. The van der Waals surface area contributed by atoms with Crippen LogP contribution in [0.3, 0.4) is 0 Å². The van der Waals surface area contributed by atoms with Gasteiger partial charge in [-0.3, -0.25) is 0 Å². The van der Waals surface area contributed by atoms with Crippen LogP contribution >= 0.6 is 0 Å². The fraction of sp³-hybridized carbons (Fsp3) is 0.500. The number of hydrogen-bond acceptors (Lipinski definition) is 3. The maximum absolute atomic E-state index is 11.9. The Morgan fingerprint density at radius 2 is 1.94 bits per heavy atom. The lowest BCUT2D eigenvalue weighted by molar-refractivity contribution is 0.594. The highest BCUT2D eigenvalue weighted by atomic mass is 32.2. The fourth-order valence-corrected chi connectivity index (χ4v) is 2.68. The van der Waals surface area contributed by atoms with Gasteiger partial charge in [0.05, 0.1) is 10.6 Å². The molecule has 16 heavy (non-hydrogen) atoms. The molecule has 0 amide bonds. The normalized spacial score (nSPS) is 11.7. The van der Waals surface area contributed by atoms with Gasteiger partial charge in [0.1, 0.15) is 0 Å². The zero-order chi connectivity index (χ0) is 12.2. The topological polar surface area (TPSA) is 46.2 Å². The Bertz CT molecular complexity index is 452. The number of benzene rings is 1. The van der Waals surface area contributed by atoms with Crippen molar-refractivity contribution in [2.24, 2.45) is 0 Å². The minimum absolute atomic E-state index is 0.148. The maximum atomic E-state index is 11.9. The molecule has 0 aliphatic heterocycles. The molecule has 1 aromatic carbocycles. The van der Waals surface area contributed by atoms with E-state index in [9.17, 15) is 8.42 Å². The first kappa shape index (κ1) is 13.2. The van der Waals surface area contributed by atoms with Gasteiger partial charge in [-0.15, -0.1) is 0 Å². The van der Waals surface area contributed by atoms with Crippen LogP contribution < -0.4 is 5.32 Å². The molecule has 0 fully saturated rings. The number of hydrogen-bond donors (Lipinski definition) is 1. The zero-order valence-electron chi connectivity index (χ0n) is 10.1. The monoisotopic (exact) mass is 241 g/mol. The average Bonchev–Trinajstić information content (AvgIpc) is 2.26. The van der Waals surface area contributed by atoms with E-state index in [4.69, 9.17) is 0 Å². The van der Waals surface area contributed by atoms with Crippen molar-refractivity contribution in [2.75, 3.05) is 12.3 Å². The molecule has 0 aromatic heterocycles. The van der Waals surface area contributed by atoms with Gasteiger partial charge in [-0.05, 0) is 25.1 Å². The van der Waals surface area contributed by atoms with Gasteiger partial charge in [0.2, 0.25) is 0 Å². The van der Waals surface area contributed by atoms with Gasteiger partial charge < -0.3 is 5.32 Å². The van der Waals surface area contributed by atoms with Crippen molar-refractivity contribution in [3.8, 4) is 0 Å². The third-order valence-corrected chi connectivity index (χ3v) is 4.33. The lowest BCUT2D eigenvalue weighted by Gasteiger charge is -2.10. The number of nitrogens with one attached hydrogen (secondary N) is 1. The van der Waals surface area contributed by atoms with E-state index in [1.807, 2.05) is 26.0 Å². The molecule has 0 bridgehead atoms. The molecule has 0 saturated heterocycles. The Morgan fingerprint density at radius 1 is 1.25 bits per heavy atom. The van der Waals surface area contributed by atoms with E-state index < -0.39 is 9.84 Å².